The summed E-state index contributed by atoms with van der Waals surface area (Å²) < 4.78 is 0. The molecule has 1 aromatic carbocycles. The second-order valence-electron chi connectivity index (χ2n) is 6.00. The number of nitrogens with one attached hydrogen (secondary N) is 1. The van der Waals surface area contributed by atoms with E-state index in [9.17, 15) is 14.4 Å². The van der Waals surface area contributed by atoms with E-state index in [2.05, 4.69) is 5.32 Å². The fourth-order valence-electron chi connectivity index (χ4n) is 3.10. The van der Waals surface area contributed by atoms with Crippen LogP contribution in [0.4, 0.5) is 4.79 Å². The van der Waals surface area contributed by atoms with Gasteiger partial charge in [-0.1, -0.05) is 30.3 Å². The first-order chi connectivity index (χ1) is 11.0. The number of nitrogens with zero attached hydrogens (tertiary/aromatic N) is 2. The highest BCUT2D eigenvalue weighted by molar-refractivity contribution is 5.98. The second kappa shape index (κ2) is 7.63. The van der Waals surface area contributed by atoms with Crippen LogP contribution in [0.5, 0.6) is 0 Å². The normalized spacial score (nSPS) is 23.7. The molecule has 130 valence electrons. The number of hydrogen-bond donors (Lipinski definition) is 2. The molecule has 0 saturated carbocycles. The van der Waals surface area contributed by atoms with Gasteiger partial charge in [0.2, 0.25) is 11.8 Å². The van der Waals surface area contributed by atoms with E-state index in [4.69, 9.17) is 5.73 Å². The summed E-state index contributed by atoms with van der Waals surface area (Å²) >= 11 is 0. The molecule has 0 unspecified atom stereocenters. The first kappa shape index (κ1) is 18.2. The summed E-state index contributed by atoms with van der Waals surface area (Å²) in [6.07, 6.45) is 0.227. The van der Waals surface area contributed by atoms with E-state index in [0.717, 1.165) is 5.56 Å². The molecule has 8 heteroatoms. The van der Waals surface area contributed by atoms with Crippen LogP contribution in [0.25, 0.3) is 0 Å². The minimum absolute atomic E-state index is 0. The SMILES string of the molecule is Cl.N[C@@H]1CN(C(=O)CN2CCC(=O)NC2=O)C[C@H]1c1ccccc1. The first-order valence-corrected chi connectivity index (χ1v) is 7.71. The lowest BCUT2D eigenvalue weighted by molar-refractivity contribution is -0.132. The van der Waals surface area contributed by atoms with Gasteiger partial charge in [0.1, 0.15) is 6.54 Å². The molecule has 0 aliphatic carbocycles. The Morgan fingerprint density at radius 3 is 2.58 bits per heavy atom. The molecule has 2 aliphatic heterocycles. The number of imide groups is 1. The Morgan fingerprint density at radius 2 is 1.92 bits per heavy atom. The number of carbonyl (C=O) groups excluding carboxylic acids is 3. The fourth-order valence-corrected chi connectivity index (χ4v) is 3.10. The van der Waals surface area contributed by atoms with Crippen molar-refractivity contribution in [3.8, 4) is 0 Å². The number of likely N-dealkylation sites (tertiary alicyclic amines) is 1. The van der Waals surface area contributed by atoms with Gasteiger partial charge in [-0.05, 0) is 5.56 Å². The zero-order valence-electron chi connectivity index (χ0n) is 13.2. The molecule has 0 spiro atoms. The molecule has 2 saturated heterocycles. The number of rotatable bonds is 3. The zero-order valence-corrected chi connectivity index (χ0v) is 14.0. The Morgan fingerprint density at radius 1 is 1.21 bits per heavy atom. The maximum Gasteiger partial charge on any atom is 0.324 e. The van der Waals surface area contributed by atoms with Gasteiger partial charge in [0.25, 0.3) is 0 Å². The maximum absolute atomic E-state index is 12.4. The highest BCUT2D eigenvalue weighted by atomic mass is 35.5. The van der Waals surface area contributed by atoms with E-state index < -0.39 is 6.03 Å². The Bertz CT molecular complexity index is 625. The van der Waals surface area contributed by atoms with Gasteiger partial charge in [-0.15, -0.1) is 12.4 Å². The van der Waals surface area contributed by atoms with Crippen molar-refractivity contribution in [1.29, 1.82) is 0 Å². The molecular formula is C16H21ClN4O3. The van der Waals surface area contributed by atoms with Gasteiger partial charge in [0.05, 0.1) is 0 Å². The number of urea groups is 1. The van der Waals surface area contributed by atoms with Crippen molar-refractivity contribution in [3.05, 3.63) is 35.9 Å². The molecule has 4 amide bonds. The summed E-state index contributed by atoms with van der Waals surface area (Å²) in [6, 6.07) is 9.28. The minimum atomic E-state index is -0.502. The molecule has 1 aromatic rings. The van der Waals surface area contributed by atoms with E-state index in [-0.39, 0.29) is 55.7 Å². The largest absolute Gasteiger partial charge is 0.339 e. The first-order valence-electron chi connectivity index (χ1n) is 7.71. The van der Waals surface area contributed by atoms with Crippen molar-refractivity contribution in [1.82, 2.24) is 15.1 Å². The molecule has 7 nitrogen and oxygen atoms in total. The average Bonchev–Trinajstić information content (AvgIpc) is 2.93. The predicted molar refractivity (Wildman–Crippen MR) is 90.7 cm³/mol. The van der Waals surface area contributed by atoms with Gasteiger partial charge < -0.3 is 15.5 Å². The molecule has 3 N–H and O–H groups in total. The number of carbonyl (C=O) groups is 3. The van der Waals surface area contributed by atoms with Crippen molar-refractivity contribution >= 4 is 30.3 Å². The molecule has 24 heavy (non-hydrogen) atoms. The van der Waals surface area contributed by atoms with Crippen LogP contribution in [-0.2, 0) is 9.59 Å². The van der Waals surface area contributed by atoms with Crippen LogP contribution in [0.15, 0.2) is 30.3 Å². The van der Waals surface area contributed by atoms with Crippen LogP contribution in [0, 0.1) is 0 Å². The molecule has 3 rings (SSSR count). The van der Waals surface area contributed by atoms with Gasteiger partial charge in [0, 0.05) is 38.0 Å². The number of benzene rings is 1. The number of hydrogen-bond acceptors (Lipinski definition) is 4. The summed E-state index contributed by atoms with van der Waals surface area (Å²) in [7, 11) is 0. The summed E-state index contributed by atoms with van der Waals surface area (Å²) in [6.45, 7) is 1.29. The monoisotopic (exact) mass is 352 g/mol. The quantitative estimate of drug-likeness (QED) is 0.818. The smallest absolute Gasteiger partial charge is 0.324 e. The van der Waals surface area contributed by atoms with Gasteiger partial charge in [-0.2, -0.15) is 0 Å². The van der Waals surface area contributed by atoms with Crippen molar-refractivity contribution in [2.24, 2.45) is 5.73 Å². The Hall–Kier alpha value is -2.12. The highest BCUT2D eigenvalue weighted by Crippen LogP contribution is 2.26. The van der Waals surface area contributed by atoms with Crippen molar-refractivity contribution in [3.63, 3.8) is 0 Å². The maximum atomic E-state index is 12.4. The van der Waals surface area contributed by atoms with E-state index >= 15 is 0 Å². The molecular weight excluding hydrogens is 332 g/mol. The van der Waals surface area contributed by atoms with Crippen LogP contribution in [0.2, 0.25) is 0 Å². The molecule has 2 aliphatic rings. The van der Waals surface area contributed by atoms with Crippen molar-refractivity contribution in [2.45, 2.75) is 18.4 Å². The number of halogens is 1. The summed E-state index contributed by atoms with van der Waals surface area (Å²) in [5, 5.41) is 2.22. The van der Waals surface area contributed by atoms with Gasteiger partial charge >= 0.3 is 6.03 Å². The van der Waals surface area contributed by atoms with Crippen LogP contribution >= 0.6 is 12.4 Å². The van der Waals surface area contributed by atoms with E-state index in [1.807, 2.05) is 30.3 Å². The Labute approximate surface area is 146 Å². The predicted octanol–water partition coefficient (Wildman–Crippen LogP) is 0.303. The van der Waals surface area contributed by atoms with Gasteiger partial charge in [-0.3, -0.25) is 14.9 Å². The zero-order chi connectivity index (χ0) is 16.4. The highest BCUT2D eigenvalue weighted by Gasteiger charge is 2.35. The minimum Gasteiger partial charge on any atom is -0.339 e. The topological polar surface area (TPSA) is 95.7 Å². The summed E-state index contributed by atoms with van der Waals surface area (Å²) in [5.41, 5.74) is 7.31. The van der Waals surface area contributed by atoms with Crippen LogP contribution in [0.1, 0.15) is 17.9 Å². The molecule has 0 aromatic heterocycles. The van der Waals surface area contributed by atoms with E-state index in [1.54, 1.807) is 4.90 Å². The van der Waals surface area contributed by atoms with E-state index in [0.29, 0.717) is 13.1 Å². The van der Waals surface area contributed by atoms with Crippen molar-refractivity contribution < 1.29 is 14.4 Å². The summed E-state index contributed by atoms with van der Waals surface area (Å²) in [5.74, 6) is -0.327. The van der Waals surface area contributed by atoms with E-state index in [1.165, 1.54) is 4.90 Å². The van der Waals surface area contributed by atoms with Crippen LogP contribution < -0.4 is 11.1 Å². The molecule has 0 radical (unpaired) electrons. The number of nitrogens with two attached hydrogens (primary N) is 1. The summed E-state index contributed by atoms with van der Waals surface area (Å²) in [4.78, 5) is 38.3. The third-order valence-electron chi connectivity index (χ3n) is 4.41. The number of amides is 4. The lowest BCUT2D eigenvalue weighted by Gasteiger charge is -2.27. The third-order valence-corrected chi connectivity index (χ3v) is 4.41. The Balaban J connectivity index is 0.00000208. The Kier molecular flexibility index (Phi) is 5.80. The second-order valence-corrected chi connectivity index (χ2v) is 6.00. The van der Waals surface area contributed by atoms with Gasteiger partial charge in [0.15, 0.2) is 0 Å². The molecule has 2 fully saturated rings. The van der Waals surface area contributed by atoms with Gasteiger partial charge in [-0.25, -0.2) is 4.79 Å². The lowest BCUT2D eigenvalue weighted by atomic mass is 9.95. The molecule has 2 heterocycles. The van der Waals surface area contributed by atoms with Crippen molar-refractivity contribution in [2.75, 3.05) is 26.2 Å². The fraction of sp³-hybridized carbons (Fsp3) is 0.438. The molecule has 0 bridgehead atoms. The molecule has 2 atom stereocenters. The third kappa shape index (κ3) is 3.85. The standard InChI is InChI=1S/C16H20N4O3.ClH/c17-13-9-20(8-12(13)11-4-2-1-3-5-11)15(22)10-19-7-6-14(21)18-16(19)23;/h1-5,12-13H,6-10,17H2,(H,18,21,23);1H/t12-,13+;/m0./s1. The lowest BCUT2D eigenvalue weighted by Crippen LogP contribution is -2.52. The van der Waals surface area contributed by atoms with Crippen LogP contribution in [-0.4, -0.2) is 59.9 Å². The van der Waals surface area contributed by atoms with Crippen LogP contribution in [0.3, 0.4) is 0 Å². The average molecular weight is 353 g/mol.